The number of hydrogen-bond donors (Lipinski definition) is 0. The molecule has 1 aromatic carbocycles. The summed E-state index contributed by atoms with van der Waals surface area (Å²) in [6, 6.07) is 5.76. The number of nitriles is 1. The van der Waals surface area contributed by atoms with Crippen LogP contribution in [0.25, 0.3) is 0 Å². The van der Waals surface area contributed by atoms with Crippen molar-refractivity contribution in [2.45, 2.75) is 26.7 Å². The van der Waals surface area contributed by atoms with Crippen LogP contribution in [0.2, 0.25) is 0 Å². The topological polar surface area (TPSA) is 56.1 Å². The maximum atomic E-state index is 14.0. The summed E-state index contributed by atoms with van der Waals surface area (Å²) in [6.07, 6.45) is 1.46. The van der Waals surface area contributed by atoms with Crippen molar-refractivity contribution in [3.05, 3.63) is 46.7 Å². The normalized spacial score (nSPS) is 14.4. The summed E-state index contributed by atoms with van der Waals surface area (Å²) in [6.45, 7) is 6.16. The van der Waals surface area contributed by atoms with Crippen LogP contribution in [-0.4, -0.2) is 36.4 Å². The highest BCUT2D eigenvalue weighted by Crippen LogP contribution is 2.26. The minimum Gasteiger partial charge on any atom is -0.366 e. The van der Waals surface area contributed by atoms with Gasteiger partial charge in [0, 0.05) is 32.2 Å². The Morgan fingerprint density at radius 1 is 1.04 bits per heavy atom. The molecule has 0 spiro atoms. The molecule has 7 heteroatoms. The van der Waals surface area contributed by atoms with E-state index in [2.05, 4.69) is 16.3 Å². The first-order valence-corrected chi connectivity index (χ1v) is 8.82. The van der Waals surface area contributed by atoms with Crippen LogP contribution in [0.4, 0.5) is 20.3 Å². The summed E-state index contributed by atoms with van der Waals surface area (Å²) >= 11 is 0. The first kappa shape index (κ1) is 18.1. The number of anilines is 2. The van der Waals surface area contributed by atoms with E-state index in [1.54, 1.807) is 0 Å². The van der Waals surface area contributed by atoms with Crippen molar-refractivity contribution < 1.29 is 8.78 Å². The smallest absolute Gasteiger partial charge is 0.169 e. The third-order valence-corrected chi connectivity index (χ3v) is 4.77. The van der Waals surface area contributed by atoms with E-state index in [9.17, 15) is 14.0 Å². The van der Waals surface area contributed by atoms with Crippen molar-refractivity contribution in [2.75, 3.05) is 36.0 Å². The molecule has 1 aliphatic rings. The Morgan fingerprint density at radius 2 is 1.73 bits per heavy atom. The lowest BCUT2D eigenvalue weighted by Gasteiger charge is -2.37. The van der Waals surface area contributed by atoms with Crippen LogP contribution in [-0.2, 0) is 12.8 Å². The molecule has 0 bridgehead atoms. The van der Waals surface area contributed by atoms with Crippen molar-refractivity contribution in [3.63, 3.8) is 0 Å². The second-order valence-corrected chi connectivity index (χ2v) is 6.21. The fourth-order valence-corrected chi connectivity index (χ4v) is 3.39. The summed E-state index contributed by atoms with van der Waals surface area (Å²) in [4.78, 5) is 3.81. The number of nitrogens with zero attached hydrogens (tertiary/aromatic N) is 5. The molecule has 1 fully saturated rings. The fraction of sp³-hybridized carbons (Fsp3) is 0.421. The van der Waals surface area contributed by atoms with Gasteiger partial charge in [-0.15, -0.1) is 5.10 Å². The Balaban J connectivity index is 1.82. The van der Waals surface area contributed by atoms with Gasteiger partial charge in [0.05, 0.1) is 11.4 Å². The molecule has 1 aromatic heterocycles. The molecule has 5 nitrogen and oxygen atoms in total. The molecule has 26 heavy (non-hydrogen) atoms. The average Bonchev–Trinajstić information content (AvgIpc) is 2.68. The average molecular weight is 357 g/mol. The van der Waals surface area contributed by atoms with E-state index < -0.39 is 11.6 Å². The first-order valence-electron chi connectivity index (χ1n) is 8.82. The monoisotopic (exact) mass is 357 g/mol. The van der Waals surface area contributed by atoms with E-state index in [0.29, 0.717) is 37.6 Å². The van der Waals surface area contributed by atoms with Gasteiger partial charge in [0.2, 0.25) is 0 Å². The fourth-order valence-electron chi connectivity index (χ4n) is 3.39. The Kier molecular flexibility index (Phi) is 5.31. The van der Waals surface area contributed by atoms with E-state index >= 15 is 0 Å². The lowest BCUT2D eigenvalue weighted by molar-refractivity contribution is 0.578. The van der Waals surface area contributed by atoms with E-state index in [1.165, 1.54) is 6.07 Å². The molecule has 1 saturated heterocycles. The lowest BCUT2D eigenvalue weighted by atomic mass is 10.0. The molecule has 0 N–H and O–H groups in total. The molecule has 0 amide bonds. The van der Waals surface area contributed by atoms with Crippen LogP contribution in [0.15, 0.2) is 18.2 Å². The zero-order chi connectivity index (χ0) is 18.7. The number of rotatable bonds is 4. The maximum Gasteiger partial charge on any atom is 0.169 e. The second kappa shape index (κ2) is 7.65. The Bertz CT molecular complexity index is 839. The van der Waals surface area contributed by atoms with E-state index in [1.807, 2.05) is 23.6 Å². The van der Waals surface area contributed by atoms with Crippen molar-refractivity contribution >= 4 is 11.5 Å². The molecule has 3 rings (SSSR count). The van der Waals surface area contributed by atoms with Crippen molar-refractivity contribution in [1.29, 1.82) is 5.26 Å². The van der Waals surface area contributed by atoms with Gasteiger partial charge < -0.3 is 9.80 Å². The predicted octanol–water partition coefficient (Wildman–Crippen LogP) is 3.08. The highest BCUT2D eigenvalue weighted by Gasteiger charge is 2.25. The van der Waals surface area contributed by atoms with Crippen LogP contribution < -0.4 is 9.80 Å². The zero-order valence-corrected chi connectivity index (χ0v) is 15.0. The second-order valence-electron chi connectivity index (χ2n) is 6.21. The summed E-state index contributed by atoms with van der Waals surface area (Å²) in [5.41, 5.74) is 2.64. The minimum absolute atomic E-state index is 0.270. The third kappa shape index (κ3) is 3.32. The molecule has 0 unspecified atom stereocenters. The number of halogens is 2. The first-order chi connectivity index (χ1) is 12.6. The van der Waals surface area contributed by atoms with Crippen molar-refractivity contribution in [1.82, 2.24) is 10.2 Å². The molecular weight excluding hydrogens is 336 g/mol. The lowest BCUT2D eigenvalue weighted by Crippen LogP contribution is -2.47. The van der Waals surface area contributed by atoms with Gasteiger partial charge in [0.15, 0.2) is 5.82 Å². The van der Waals surface area contributed by atoms with E-state index in [-0.39, 0.29) is 5.69 Å². The number of aryl methyl sites for hydroxylation is 1. The zero-order valence-electron chi connectivity index (χ0n) is 15.0. The van der Waals surface area contributed by atoms with Gasteiger partial charge in [-0.25, -0.2) is 8.78 Å². The molecule has 2 aromatic rings. The summed E-state index contributed by atoms with van der Waals surface area (Å²) in [7, 11) is 0. The number of benzene rings is 1. The van der Waals surface area contributed by atoms with Gasteiger partial charge in [-0.2, -0.15) is 10.4 Å². The largest absolute Gasteiger partial charge is 0.366 e. The Morgan fingerprint density at radius 3 is 2.35 bits per heavy atom. The SMILES string of the molecule is CCc1nnc(N2CCN(c3cc(F)ccc3F)CC2)c(C#N)c1CC. The van der Waals surface area contributed by atoms with Gasteiger partial charge >= 0.3 is 0 Å². The number of piperazine rings is 1. The van der Waals surface area contributed by atoms with Gasteiger partial charge in [-0.1, -0.05) is 13.8 Å². The van der Waals surface area contributed by atoms with Gasteiger partial charge in [-0.3, -0.25) is 0 Å². The molecular formula is C19H21F2N5. The third-order valence-electron chi connectivity index (χ3n) is 4.77. The Labute approximate surface area is 151 Å². The molecule has 0 saturated carbocycles. The summed E-state index contributed by atoms with van der Waals surface area (Å²) < 4.78 is 27.4. The highest BCUT2D eigenvalue weighted by atomic mass is 19.1. The van der Waals surface area contributed by atoms with Gasteiger partial charge in [0.1, 0.15) is 23.3 Å². The predicted molar refractivity (Wildman–Crippen MR) is 96.3 cm³/mol. The standard InChI is InChI=1S/C19H21F2N5/c1-3-14-15(12-22)19(24-23-17(14)4-2)26-9-7-25(8-10-26)18-11-13(20)5-6-16(18)21/h5-6,11H,3-4,7-10H2,1-2H3. The molecule has 0 radical (unpaired) electrons. The van der Waals surface area contributed by atoms with Gasteiger partial charge in [0.25, 0.3) is 0 Å². The highest BCUT2D eigenvalue weighted by molar-refractivity contribution is 5.59. The maximum absolute atomic E-state index is 14.0. The summed E-state index contributed by atoms with van der Waals surface area (Å²) in [5, 5.41) is 18.2. The molecule has 136 valence electrons. The van der Waals surface area contributed by atoms with Gasteiger partial charge in [-0.05, 0) is 30.5 Å². The Hall–Kier alpha value is -2.75. The van der Waals surface area contributed by atoms with Crippen LogP contribution in [0.3, 0.4) is 0 Å². The van der Waals surface area contributed by atoms with Crippen molar-refractivity contribution in [2.24, 2.45) is 0 Å². The molecule has 0 aliphatic carbocycles. The minimum atomic E-state index is -0.454. The van der Waals surface area contributed by atoms with Crippen molar-refractivity contribution in [3.8, 4) is 6.07 Å². The quantitative estimate of drug-likeness (QED) is 0.842. The van der Waals surface area contributed by atoms with Crippen LogP contribution in [0.1, 0.15) is 30.7 Å². The van der Waals surface area contributed by atoms with E-state index in [4.69, 9.17) is 0 Å². The van der Waals surface area contributed by atoms with E-state index in [0.717, 1.165) is 36.2 Å². The number of aromatic nitrogens is 2. The molecule has 0 atom stereocenters. The van der Waals surface area contributed by atoms with Crippen LogP contribution in [0.5, 0.6) is 0 Å². The molecule has 1 aliphatic heterocycles. The van der Waals surface area contributed by atoms with Crippen LogP contribution >= 0.6 is 0 Å². The molecule has 2 heterocycles. The summed E-state index contributed by atoms with van der Waals surface area (Å²) in [5.74, 6) is -0.303. The van der Waals surface area contributed by atoms with Crippen LogP contribution in [0, 0.1) is 23.0 Å². The number of hydrogen-bond acceptors (Lipinski definition) is 5.